The summed E-state index contributed by atoms with van der Waals surface area (Å²) < 4.78 is 5.27. The smallest absolute Gasteiger partial charge is 0.413 e. The molecule has 210 valence electrons. The summed E-state index contributed by atoms with van der Waals surface area (Å²) in [7, 11) is 0. The van der Waals surface area contributed by atoms with Gasteiger partial charge in [0, 0.05) is 43.0 Å². The van der Waals surface area contributed by atoms with Crippen molar-refractivity contribution in [2.45, 2.75) is 44.9 Å². The molecule has 1 aromatic heterocycles. The summed E-state index contributed by atoms with van der Waals surface area (Å²) in [5, 5.41) is 24.5. The number of aliphatic hydroxyl groups is 1. The van der Waals surface area contributed by atoms with Crippen molar-refractivity contribution in [2.75, 3.05) is 36.4 Å². The molecule has 1 amide bonds. The van der Waals surface area contributed by atoms with Crippen LogP contribution in [0, 0.1) is 11.3 Å². The van der Waals surface area contributed by atoms with Crippen LogP contribution in [0.15, 0.2) is 60.8 Å². The largest absolute Gasteiger partial charge is 0.444 e. The minimum Gasteiger partial charge on any atom is -0.444 e. The zero-order valence-electron chi connectivity index (χ0n) is 23.0. The van der Waals surface area contributed by atoms with Crippen molar-refractivity contribution in [1.82, 2.24) is 9.88 Å². The summed E-state index contributed by atoms with van der Waals surface area (Å²) in [6, 6.07) is 18.5. The van der Waals surface area contributed by atoms with Crippen molar-refractivity contribution in [1.29, 1.82) is 5.26 Å². The van der Waals surface area contributed by atoms with E-state index in [1.807, 2.05) is 30.3 Å². The zero-order valence-corrected chi connectivity index (χ0v) is 24.5. The van der Waals surface area contributed by atoms with Gasteiger partial charge in [0.15, 0.2) is 0 Å². The highest BCUT2D eigenvalue weighted by Gasteiger charge is 2.34. The molecule has 1 fully saturated rings. The quantitative estimate of drug-likeness (QED) is 0.348. The standard InChI is InChI=1S/C30H33Cl2N5O3/c1-29(2,3)40-28(38)35-27-12-8-22(17-34-27)30(4,39)19-36-13-14-37(25-11-5-20(16-33)15-24(25)32)26(18-36)21-6-9-23(31)10-7-21/h5-12,15,17,26,39H,13-14,18-19H2,1-4H3,(H,34,35,38)/t26-,30+/m0/s1. The number of piperazine rings is 1. The van der Waals surface area contributed by atoms with Gasteiger partial charge in [0.05, 0.1) is 28.4 Å². The number of hydrogen-bond donors (Lipinski definition) is 2. The summed E-state index contributed by atoms with van der Waals surface area (Å²) in [5.74, 6) is 0.338. The number of carbonyl (C=O) groups excluding carboxylic acids is 1. The number of amides is 1. The molecule has 8 nitrogen and oxygen atoms in total. The van der Waals surface area contributed by atoms with E-state index in [1.165, 1.54) is 0 Å². The van der Waals surface area contributed by atoms with Crippen LogP contribution in [0.2, 0.25) is 10.0 Å². The number of nitriles is 1. The van der Waals surface area contributed by atoms with E-state index in [4.69, 9.17) is 27.9 Å². The van der Waals surface area contributed by atoms with Crippen molar-refractivity contribution in [2.24, 2.45) is 0 Å². The van der Waals surface area contributed by atoms with Crippen LogP contribution in [0.1, 0.15) is 50.4 Å². The van der Waals surface area contributed by atoms with Gasteiger partial charge in [-0.1, -0.05) is 41.4 Å². The number of ether oxygens (including phenoxy) is 1. The van der Waals surface area contributed by atoms with Gasteiger partial charge in [-0.15, -0.1) is 0 Å². The molecule has 1 aliphatic rings. The SMILES string of the molecule is CC(C)(C)OC(=O)Nc1ccc([C@](C)(O)CN2CCN(c3ccc(C#N)cc3Cl)[C@H](c3ccc(Cl)cc3)C2)cn1. The summed E-state index contributed by atoms with van der Waals surface area (Å²) in [6.07, 6.45) is 0.976. The summed E-state index contributed by atoms with van der Waals surface area (Å²) in [5.41, 5.74) is 1.23. The topological polar surface area (TPSA) is 102 Å². The van der Waals surface area contributed by atoms with Gasteiger partial charge >= 0.3 is 6.09 Å². The monoisotopic (exact) mass is 581 g/mol. The number of carbonyl (C=O) groups is 1. The van der Waals surface area contributed by atoms with Crippen LogP contribution in [0.3, 0.4) is 0 Å². The lowest BCUT2D eigenvalue weighted by Gasteiger charge is -2.45. The Balaban J connectivity index is 1.51. The summed E-state index contributed by atoms with van der Waals surface area (Å²) in [6.45, 7) is 9.45. The van der Waals surface area contributed by atoms with Gasteiger partial charge in [0.1, 0.15) is 17.0 Å². The number of hydrogen-bond acceptors (Lipinski definition) is 7. The molecule has 40 heavy (non-hydrogen) atoms. The molecule has 10 heteroatoms. The molecule has 0 radical (unpaired) electrons. The third-order valence-electron chi connectivity index (χ3n) is 6.65. The van der Waals surface area contributed by atoms with Gasteiger partial charge < -0.3 is 14.7 Å². The Bertz CT molecular complexity index is 1380. The molecule has 3 aromatic rings. The molecule has 2 N–H and O–H groups in total. The van der Waals surface area contributed by atoms with Crippen molar-refractivity contribution >= 4 is 40.8 Å². The van der Waals surface area contributed by atoms with E-state index in [0.29, 0.717) is 53.2 Å². The number of nitrogens with one attached hydrogen (secondary N) is 1. The maximum atomic E-state index is 12.1. The minimum atomic E-state index is -1.20. The molecule has 2 aromatic carbocycles. The molecule has 0 bridgehead atoms. The van der Waals surface area contributed by atoms with Gasteiger partial charge in [-0.2, -0.15) is 5.26 Å². The van der Waals surface area contributed by atoms with Crippen molar-refractivity contribution in [3.8, 4) is 6.07 Å². The maximum Gasteiger partial charge on any atom is 0.413 e. The molecule has 0 aliphatic carbocycles. The fourth-order valence-corrected chi connectivity index (χ4v) is 5.19. The molecule has 4 rings (SSSR count). The van der Waals surface area contributed by atoms with E-state index in [2.05, 4.69) is 26.2 Å². The third kappa shape index (κ3) is 7.43. The lowest BCUT2D eigenvalue weighted by Crippen LogP contribution is -2.52. The number of nitrogens with zero attached hydrogens (tertiary/aromatic N) is 4. The van der Waals surface area contributed by atoms with Crippen LogP contribution in [0.25, 0.3) is 0 Å². The van der Waals surface area contributed by atoms with Crippen LogP contribution < -0.4 is 10.2 Å². The normalized spacial score (nSPS) is 17.6. The Hall–Kier alpha value is -3.35. The molecule has 1 saturated heterocycles. The lowest BCUT2D eigenvalue weighted by molar-refractivity contribution is 0.0100. The van der Waals surface area contributed by atoms with Crippen molar-refractivity contribution in [3.63, 3.8) is 0 Å². The highest BCUT2D eigenvalue weighted by Crippen LogP contribution is 2.37. The van der Waals surface area contributed by atoms with Crippen LogP contribution in [0.5, 0.6) is 0 Å². The van der Waals surface area contributed by atoms with Gasteiger partial charge in [-0.25, -0.2) is 9.78 Å². The van der Waals surface area contributed by atoms with E-state index >= 15 is 0 Å². The molecular formula is C30H33Cl2N5O3. The Kier molecular flexibility index (Phi) is 8.91. The molecular weight excluding hydrogens is 549 g/mol. The number of rotatable bonds is 6. The van der Waals surface area contributed by atoms with E-state index in [9.17, 15) is 15.2 Å². The molecule has 2 heterocycles. The predicted molar refractivity (Wildman–Crippen MR) is 158 cm³/mol. The number of halogens is 2. The van der Waals surface area contributed by atoms with E-state index < -0.39 is 17.3 Å². The van der Waals surface area contributed by atoms with Gasteiger partial charge in [-0.05, 0) is 69.7 Å². The van der Waals surface area contributed by atoms with Crippen molar-refractivity contribution in [3.05, 3.63) is 87.5 Å². The Labute approximate surface area is 245 Å². The maximum absolute atomic E-state index is 12.1. The Morgan fingerprint density at radius 3 is 2.45 bits per heavy atom. The first kappa shape index (κ1) is 29.6. The first-order chi connectivity index (χ1) is 18.8. The zero-order chi connectivity index (χ0) is 29.1. The second-order valence-corrected chi connectivity index (χ2v) is 12.0. The fraction of sp³-hybridized carbons (Fsp3) is 0.367. The number of benzene rings is 2. The predicted octanol–water partition coefficient (Wildman–Crippen LogP) is 6.38. The van der Waals surface area contributed by atoms with E-state index in [0.717, 1.165) is 11.3 Å². The van der Waals surface area contributed by atoms with E-state index in [-0.39, 0.29) is 6.04 Å². The number of aromatic nitrogens is 1. The first-order valence-corrected chi connectivity index (χ1v) is 13.7. The summed E-state index contributed by atoms with van der Waals surface area (Å²) in [4.78, 5) is 20.8. The molecule has 0 saturated carbocycles. The second kappa shape index (κ2) is 12.0. The van der Waals surface area contributed by atoms with Crippen molar-refractivity contribution < 1.29 is 14.6 Å². The van der Waals surface area contributed by atoms with Gasteiger partial charge in [0.2, 0.25) is 0 Å². The fourth-order valence-electron chi connectivity index (χ4n) is 4.77. The third-order valence-corrected chi connectivity index (χ3v) is 7.21. The van der Waals surface area contributed by atoms with Gasteiger partial charge in [-0.3, -0.25) is 10.2 Å². The second-order valence-electron chi connectivity index (χ2n) is 11.1. The Morgan fingerprint density at radius 2 is 1.85 bits per heavy atom. The van der Waals surface area contributed by atoms with Crippen LogP contribution >= 0.6 is 23.2 Å². The molecule has 2 atom stereocenters. The van der Waals surface area contributed by atoms with Gasteiger partial charge in [0.25, 0.3) is 0 Å². The van der Waals surface area contributed by atoms with E-state index in [1.54, 1.807) is 58.2 Å². The van der Waals surface area contributed by atoms with Crippen LogP contribution in [-0.2, 0) is 10.3 Å². The highest BCUT2D eigenvalue weighted by molar-refractivity contribution is 6.33. The highest BCUT2D eigenvalue weighted by atomic mass is 35.5. The average Bonchev–Trinajstić information content (AvgIpc) is 2.88. The average molecular weight is 583 g/mol. The first-order valence-electron chi connectivity index (χ1n) is 13.0. The molecule has 1 aliphatic heterocycles. The van der Waals surface area contributed by atoms with Crippen LogP contribution in [-0.4, -0.2) is 52.9 Å². The van der Waals surface area contributed by atoms with Crippen LogP contribution in [0.4, 0.5) is 16.3 Å². The number of pyridine rings is 1. The molecule has 0 spiro atoms. The number of β-amino-alcohol motifs (C(OH)–C–C–N with tert-alkyl or cyclic N) is 1. The molecule has 0 unspecified atom stereocenters. The minimum absolute atomic E-state index is 0.0641. The number of anilines is 2. The Morgan fingerprint density at radius 1 is 1.12 bits per heavy atom. The lowest BCUT2D eigenvalue weighted by atomic mass is 9.95. The summed E-state index contributed by atoms with van der Waals surface area (Å²) >= 11 is 12.8.